The van der Waals surface area contributed by atoms with Crippen LogP contribution in [0, 0.1) is 0 Å². The predicted molar refractivity (Wildman–Crippen MR) is 137 cm³/mol. The van der Waals surface area contributed by atoms with Gasteiger partial charge >= 0.3 is 0 Å². The van der Waals surface area contributed by atoms with Gasteiger partial charge in [-0.1, -0.05) is 42.5 Å². The van der Waals surface area contributed by atoms with E-state index in [1.807, 2.05) is 44.4 Å². The number of amides is 2. The molecular weight excluding hydrogens is 438 g/mol. The van der Waals surface area contributed by atoms with Gasteiger partial charge in [0.05, 0.1) is 17.7 Å². The van der Waals surface area contributed by atoms with Crippen LogP contribution in [0.1, 0.15) is 37.4 Å². The molecule has 3 heterocycles. The molecule has 0 radical (unpaired) electrons. The second-order valence-electron chi connectivity index (χ2n) is 8.62. The summed E-state index contributed by atoms with van der Waals surface area (Å²) in [5, 5.41) is 2.80. The molecule has 0 saturated carbocycles. The Morgan fingerprint density at radius 3 is 2.34 bits per heavy atom. The van der Waals surface area contributed by atoms with Crippen LogP contribution < -0.4 is 15.1 Å². The molecule has 1 aliphatic heterocycles. The number of nitrogens with one attached hydrogen (secondary N) is 1. The Hall–Kier alpha value is -4.52. The van der Waals surface area contributed by atoms with E-state index in [0.717, 1.165) is 23.2 Å². The molecule has 174 valence electrons. The van der Waals surface area contributed by atoms with E-state index in [9.17, 15) is 9.59 Å². The molecule has 0 spiro atoms. The molecule has 4 aromatic rings. The van der Waals surface area contributed by atoms with E-state index in [-0.39, 0.29) is 11.8 Å². The Kier molecular flexibility index (Phi) is 5.97. The van der Waals surface area contributed by atoms with Crippen LogP contribution in [0.25, 0.3) is 0 Å². The highest BCUT2D eigenvalue weighted by Crippen LogP contribution is 2.31. The summed E-state index contributed by atoms with van der Waals surface area (Å²) in [6, 6.07) is 23.0. The SMILES string of the molecule is CN(C)c1ncccc1C(=O)Nc1ccc(C(=O)N2Cc3ccccc3Cc3ccccc32)cn1. The molecule has 0 saturated heterocycles. The first kappa shape index (κ1) is 22.3. The van der Waals surface area contributed by atoms with Crippen molar-refractivity contribution in [1.29, 1.82) is 0 Å². The lowest BCUT2D eigenvalue weighted by molar-refractivity contribution is 0.0984. The van der Waals surface area contributed by atoms with Crippen LogP contribution in [0.3, 0.4) is 0 Å². The highest BCUT2D eigenvalue weighted by molar-refractivity contribution is 6.08. The van der Waals surface area contributed by atoms with Gasteiger partial charge in [-0.15, -0.1) is 0 Å². The first-order chi connectivity index (χ1) is 17.0. The van der Waals surface area contributed by atoms with Gasteiger partial charge in [0, 0.05) is 32.2 Å². The highest BCUT2D eigenvalue weighted by Gasteiger charge is 2.25. The second-order valence-corrected chi connectivity index (χ2v) is 8.62. The fraction of sp³-hybridized carbons (Fsp3) is 0.143. The van der Waals surface area contributed by atoms with Crippen LogP contribution in [-0.4, -0.2) is 35.9 Å². The third-order valence-corrected chi connectivity index (χ3v) is 6.06. The minimum absolute atomic E-state index is 0.137. The minimum atomic E-state index is -0.313. The summed E-state index contributed by atoms with van der Waals surface area (Å²) in [7, 11) is 3.66. The van der Waals surface area contributed by atoms with Gasteiger partial charge in [0.2, 0.25) is 0 Å². The Bertz CT molecular complexity index is 1400. The standard InChI is InChI=1S/C28H25N5O2/c1-32(2)26-23(11-7-15-29-26)27(34)31-25-14-13-21(17-30-25)28(35)33-18-22-10-4-3-8-19(22)16-20-9-5-6-12-24(20)33/h3-15,17H,16,18H2,1-2H3,(H,30,31,34). The number of anilines is 3. The smallest absolute Gasteiger partial charge is 0.260 e. The van der Waals surface area contributed by atoms with E-state index >= 15 is 0 Å². The number of para-hydroxylation sites is 1. The lowest BCUT2D eigenvalue weighted by atomic mass is 10.0. The highest BCUT2D eigenvalue weighted by atomic mass is 16.2. The molecule has 7 nitrogen and oxygen atoms in total. The van der Waals surface area contributed by atoms with Crippen molar-refractivity contribution in [2.75, 3.05) is 29.2 Å². The number of aromatic nitrogens is 2. The van der Waals surface area contributed by atoms with Crippen molar-refractivity contribution in [2.24, 2.45) is 0 Å². The van der Waals surface area contributed by atoms with Crippen LogP contribution in [0.4, 0.5) is 17.3 Å². The predicted octanol–water partition coefficient (Wildman–Crippen LogP) is 4.55. The normalized spacial score (nSPS) is 12.2. The van der Waals surface area contributed by atoms with Crippen LogP contribution in [0.2, 0.25) is 0 Å². The Balaban J connectivity index is 1.39. The fourth-order valence-corrected chi connectivity index (χ4v) is 4.31. The Morgan fingerprint density at radius 1 is 0.857 bits per heavy atom. The molecule has 0 atom stereocenters. The summed E-state index contributed by atoms with van der Waals surface area (Å²) in [5.41, 5.74) is 5.25. The molecule has 1 aliphatic rings. The summed E-state index contributed by atoms with van der Waals surface area (Å²) >= 11 is 0. The summed E-state index contributed by atoms with van der Waals surface area (Å²) in [4.78, 5) is 38.6. The summed E-state index contributed by atoms with van der Waals surface area (Å²) in [6.45, 7) is 0.485. The van der Waals surface area contributed by atoms with Crippen molar-refractivity contribution in [3.8, 4) is 0 Å². The second kappa shape index (κ2) is 9.38. The molecule has 5 rings (SSSR count). The molecule has 0 fully saturated rings. The number of rotatable bonds is 4. The van der Waals surface area contributed by atoms with E-state index in [0.29, 0.717) is 29.3 Å². The molecule has 7 heteroatoms. The summed E-state index contributed by atoms with van der Waals surface area (Å²) in [5.74, 6) is 0.478. The van der Waals surface area contributed by atoms with Crippen molar-refractivity contribution in [2.45, 2.75) is 13.0 Å². The monoisotopic (exact) mass is 463 g/mol. The molecule has 2 aromatic heterocycles. The number of hydrogen-bond donors (Lipinski definition) is 1. The van der Waals surface area contributed by atoms with Crippen LogP contribution in [0.15, 0.2) is 85.2 Å². The molecule has 1 N–H and O–H groups in total. The first-order valence-electron chi connectivity index (χ1n) is 11.4. The Morgan fingerprint density at radius 2 is 1.60 bits per heavy atom. The van der Waals surface area contributed by atoms with Gasteiger partial charge in [0.15, 0.2) is 0 Å². The van der Waals surface area contributed by atoms with Crippen LogP contribution >= 0.6 is 0 Å². The summed E-state index contributed by atoms with van der Waals surface area (Å²) < 4.78 is 0. The zero-order valence-corrected chi connectivity index (χ0v) is 19.6. The maximum atomic E-state index is 13.6. The fourth-order valence-electron chi connectivity index (χ4n) is 4.31. The van der Waals surface area contributed by atoms with E-state index in [4.69, 9.17) is 0 Å². The minimum Gasteiger partial charge on any atom is -0.362 e. The molecule has 2 amide bonds. The van der Waals surface area contributed by atoms with Crippen LogP contribution in [0.5, 0.6) is 0 Å². The molecule has 35 heavy (non-hydrogen) atoms. The van der Waals surface area contributed by atoms with Gasteiger partial charge in [-0.3, -0.25) is 9.59 Å². The first-order valence-corrected chi connectivity index (χ1v) is 11.4. The van der Waals surface area contributed by atoms with Crippen molar-refractivity contribution >= 4 is 29.1 Å². The Labute approximate surface area is 204 Å². The number of carbonyl (C=O) groups is 2. The number of fused-ring (bicyclic) bond motifs is 2. The number of hydrogen-bond acceptors (Lipinski definition) is 5. The van der Waals surface area contributed by atoms with Crippen molar-refractivity contribution in [3.63, 3.8) is 0 Å². The van der Waals surface area contributed by atoms with E-state index in [2.05, 4.69) is 33.5 Å². The number of benzene rings is 2. The zero-order valence-electron chi connectivity index (χ0n) is 19.6. The van der Waals surface area contributed by atoms with Gasteiger partial charge in [-0.25, -0.2) is 9.97 Å². The molecule has 0 aliphatic carbocycles. The summed E-state index contributed by atoms with van der Waals surface area (Å²) in [6.07, 6.45) is 3.93. The van der Waals surface area contributed by atoms with Gasteiger partial charge in [0.1, 0.15) is 11.6 Å². The van der Waals surface area contributed by atoms with Crippen molar-refractivity contribution in [3.05, 3.63) is 113 Å². The maximum Gasteiger partial charge on any atom is 0.260 e. The molecule has 0 bridgehead atoms. The third kappa shape index (κ3) is 4.48. The van der Waals surface area contributed by atoms with Crippen LogP contribution in [-0.2, 0) is 13.0 Å². The van der Waals surface area contributed by atoms with Crippen molar-refractivity contribution < 1.29 is 9.59 Å². The average molecular weight is 464 g/mol. The number of carbonyl (C=O) groups excluding carboxylic acids is 2. The van der Waals surface area contributed by atoms with Crippen molar-refractivity contribution in [1.82, 2.24) is 9.97 Å². The van der Waals surface area contributed by atoms with E-state index < -0.39 is 0 Å². The largest absolute Gasteiger partial charge is 0.362 e. The third-order valence-electron chi connectivity index (χ3n) is 6.06. The average Bonchev–Trinajstić information content (AvgIpc) is 3.05. The lowest BCUT2D eigenvalue weighted by Gasteiger charge is -2.23. The molecule has 0 unspecified atom stereocenters. The van der Waals surface area contributed by atoms with Gasteiger partial charge < -0.3 is 15.1 Å². The quantitative estimate of drug-likeness (QED) is 0.481. The van der Waals surface area contributed by atoms with Gasteiger partial charge in [-0.05, 0) is 53.4 Å². The number of nitrogens with zero attached hydrogens (tertiary/aromatic N) is 4. The number of pyridine rings is 2. The van der Waals surface area contributed by atoms with E-state index in [1.165, 1.54) is 11.8 Å². The zero-order chi connectivity index (χ0) is 24.4. The maximum absolute atomic E-state index is 13.6. The lowest BCUT2D eigenvalue weighted by Crippen LogP contribution is -2.30. The molecular formula is C28H25N5O2. The van der Waals surface area contributed by atoms with E-state index in [1.54, 1.807) is 40.3 Å². The topological polar surface area (TPSA) is 78.4 Å². The molecule has 2 aromatic carbocycles. The van der Waals surface area contributed by atoms with Gasteiger partial charge in [-0.2, -0.15) is 0 Å². The van der Waals surface area contributed by atoms with Gasteiger partial charge in [0.25, 0.3) is 11.8 Å².